The first-order valence-corrected chi connectivity index (χ1v) is 8.60. The number of hydrogen-bond acceptors (Lipinski definition) is 4. The van der Waals surface area contributed by atoms with E-state index in [1.54, 1.807) is 18.2 Å². The Labute approximate surface area is 147 Å². The zero-order chi connectivity index (χ0) is 16.2. The summed E-state index contributed by atoms with van der Waals surface area (Å²) in [5.41, 5.74) is 2.06. The summed E-state index contributed by atoms with van der Waals surface area (Å²) in [4.78, 5) is 16.3. The van der Waals surface area contributed by atoms with Crippen molar-refractivity contribution in [1.82, 2.24) is 4.98 Å². The topological polar surface area (TPSA) is 55.1 Å². The molecule has 7 heteroatoms. The zero-order valence-electron chi connectivity index (χ0n) is 11.9. The predicted molar refractivity (Wildman–Crippen MR) is 94.4 cm³/mol. The number of thioether (sulfide) groups is 1. The molecule has 0 saturated heterocycles. The zero-order valence-corrected chi connectivity index (χ0v) is 14.2. The summed E-state index contributed by atoms with van der Waals surface area (Å²) in [6.07, 6.45) is 0.312. The van der Waals surface area contributed by atoms with E-state index >= 15 is 0 Å². The molecule has 1 heterocycles. The third kappa shape index (κ3) is 3.99. The van der Waals surface area contributed by atoms with Crippen LogP contribution >= 0.6 is 35.0 Å². The maximum absolute atomic E-state index is 12.0. The van der Waals surface area contributed by atoms with E-state index in [4.69, 9.17) is 27.6 Å². The monoisotopic (exact) mass is 366 g/mol. The summed E-state index contributed by atoms with van der Waals surface area (Å²) in [5.74, 6) is 0.411. The molecule has 0 aliphatic rings. The Morgan fingerprint density at radius 3 is 2.83 bits per heavy atom. The Morgan fingerprint density at radius 2 is 2.00 bits per heavy atom. The highest BCUT2D eigenvalue weighted by molar-refractivity contribution is 7.99. The summed E-state index contributed by atoms with van der Waals surface area (Å²) in [7, 11) is 0. The number of amides is 1. The molecule has 0 aliphatic heterocycles. The number of hydrogen-bond donors (Lipinski definition) is 1. The smallest absolute Gasteiger partial charge is 0.256 e. The molecule has 1 aromatic heterocycles. The normalized spacial score (nSPS) is 10.9. The lowest BCUT2D eigenvalue weighted by Gasteiger charge is -2.07. The summed E-state index contributed by atoms with van der Waals surface area (Å²) in [6.45, 7) is 0. The number of carbonyl (C=O) groups is 1. The third-order valence-corrected chi connectivity index (χ3v) is 4.70. The number of para-hydroxylation sites is 2. The van der Waals surface area contributed by atoms with Crippen LogP contribution in [0.4, 0.5) is 5.69 Å². The number of anilines is 1. The van der Waals surface area contributed by atoms with Crippen LogP contribution in [0.1, 0.15) is 6.42 Å². The minimum absolute atomic E-state index is 0.141. The molecule has 0 spiro atoms. The molecule has 0 unspecified atom stereocenters. The lowest BCUT2D eigenvalue weighted by atomic mass is 10.3. The van der Waals surface area contributed by atoms with E-state index in [1.165, 1.54) is 11.8 Å². The van der Waals surface area contributed by atoms with Crippen molar-refractivity contribution in [1.29, 1.82) is 0 Å². The van der Waals surface area contributed by atoms with E-state index in [0.29, 0.717) is 33.1 Å². The second-order valence-electron chi connectivity index (χ2n) is 4.70. The third-order valence-electron chi connectivity index (χ3n) is 3.05. The standard InChI is InChI=1S/C16H12Cl2N2O2S/c17-10-4-3-6-12(15(10)18)19-14(21)8-9-23-16-20-11-5-1-2-7-13(11)22-16/h1-7H,8-9H2,(H,19,21). The van der Waals surface area contributed by atoms with Gasteiger partial charge in [0.2, 0.25) is 5.91 Å². The average Bonchev–Trinajstić information content (AvgIpc) is 2.94. The van der Waals surface area contributed by atoms with Crippen LogP contribution in [0, 0.1) is 0 Å². The molecule has 0 bridgehead atoms. The van der Waals surface area contributed by atoms with Gasteiger partial charge >= 0.3 is 0 Å². The van der Waals surface area contributed by atoms with E-state index in [1.807, 2.05) is 24.3 Å². The Kier molecular flexibility index (Phi) is 5.10. The van der Waals surface area contributed by atoms with Crippen molar-refractivity contribution in [2.24, 2.45) is 0 Å². The lowest BCUT2D eigenvalue weighted by molar-refractivity contribution is -0.115. The average molecular weight is 367 g/mol. The van der Waals surface area contributed by atoms with Crippen LogP contribution < -0.4 is 5.32 Å². The minimum atomic E-state index is -0.141. The van der Waals surface area contributed by atoms with Gasteiger partial charge < -0.3 is 9.73 Å². The molecule has 1 N–H and O–H groups in total. The quantitative estimate of drug-likeness (QED) is 0.626. The molecule has 4 nitrogen and oxygen atoms in total. The molecule has 23 heavy (non-hydrogen) atoms. The summed E-state index contributed by atoms with van der Waals surface area (Å²) in [6, 6.07) is 12.7. The molecule has 2 aromatic carbocycles. The van der Waals surface area contributed by atoms with Gasteiger partial charge in [0, 0.05) is 12.2 Å². The summed E-state index contributed by atoms with van der Waals surface area (Å²) < 4.78 is 5.58. The van der Waals surface area contributed by atoms with Gasteiger partial charge in [0.15, 0.2) is 5.58 Å². The van der Waals surface area contributed by atoms with Crippen LogP contribution in [0.3, 0.4) is 0 Å². The maximum Gasteiger partial charge on any atom is 0.256 e. The Balaban J connectivity index is 1.54. The van der Waals surface area contributed by atoms with Crippen molar-refractivity contribution in [2.45, 2.75) is 11.6 Å². The molecule has 3 aromatic rings. The van der Waals surface area contributed by atoms with Crippen molar-refractivity contribution < 1.29 is 9.21 Å². The lowest BCUT2D eigenvalue weighted by Crippen LogP contribution is -2.12. The van der Waals surface area contributed by atoms with E-state index in [0.717, 1.165) is 11.1 Å². The van der Waals surface area contributed by atoms with Gasteiger partial charge in [-0.05, 0) is 24.3 Å². The van der Waals surface area contributed by atoms with Gasteiger partial charge in [0.25, 0.3) is 5.22 Å². The number of halogens is 2. The molecule has 0 aliphatic carbocycles. The molecule has 0 fully saturated rings. The number of aromatic nitrogens is 1. The number of carbonyl (C=O) groups excluding carboxylic acids is 1. The fourth-order valence-electron chi connectivity index (χ4n) is 1.96. The molecule has 1 amide bonds. The number of nitrogens with zero attached hydrogens (tertiary/aromatic N) is 1. The number of nitrogens with one attached hydrogen (secondary N) is 1. The first-order chi connectivity index (χ1) is 11.1. The van der Waals surface area contributed by atoms with Crippen molar-refractivity contribution in [3.05, 3.63) is 52.5 Å². The van der Waals surface area contributed by atoms with Crippen molar-refractivity contribution >= 4 is 57.7 Å². The van der Waals surface area contributed by atoms with Gasteiger partial charge in [-0.15, -0.1) is 0 Å². The van der Waals surface area contributed by atoms with Gasteiger partial charge in [-0.3, -0.25) is 4.79 Å². The van der Waals surface area contributed by atoms with Crippen LogP contribution in [0.5, 0.6) is 0 Å². The molecular formula is C16H12Cl2N2O2S. The number of benzene rings is 2. The van der Waals surface area contributed by atoms with Crippen molar-refractivity contribution in [3.63, 3.8) is 0 Å². The van der Waals surface area contributed by atoms with Gasteiger partial charge in [-0.2, -0.15) is 0 Å². The summed E-state index contributed by atoms with van der Waals surface area (Å²) in [5, 5.41) is 4.05. The van der Waals surface area contributed by atoms with E-state index in [-0.39, 0.29) is 5.91 Å². The Morgan fingerprint density at radius 1 is 1.17 bits per heavy atom. The number of rotatable bonds is 5. The van der Waals surface area contributed by atoms with E-state index in [2.05, 4.69) is 10.3 Å². The first-order valence-electron chi connectivity index (χ1n) is 6.86. The predicted octanol–water partition coefficient (Wildman–Crippen LogP) is 5.26. The fraction of sp³-hybridized carbons (Fsp3) is 0.125. The maximum atomic E-state index is 12.0. The van der Waals surface area contributed by atoms with Crippen LogP contribution in [-0.4, -0.2) is 16.6 Å². The fourth-order valence-corrected chi connectivity index (χ4v) is 3.08. The molecule has 0 saturated carbocycles. The largest absolute Gasteiger partial charge is 0.431 e. The van der Waals surface area contributed by atoms with Crippen LogP contribution in [-0.2, 0) is 4.79 Å². The number of fused-ring (bicyclic) bond motifs is 1. The molecule has 3 rings (SSSR count). The highest BCUT2D eigenvalue weighted by Gasteiger charge is 2.10. The SMILES string of the molecule is O=C(CCSc1nc2ccccc2o1)Nc1cccc(Cl)c1Cl. The van der Waals surface area contributed by atoms with Gasteiger partial charge in [0.05, 0.1) is 15.7 Å². The number of oxazole rings is 1. The van der Waals surface area contributed by atoms with Crippen LogP contribution in [0.25, 0.3) is 11.1 Å². The van der Waals surface area contributed by atoms with Crippen molar-refractivity contribution in [3.8, 4) is 0 Å². The summed E-state index contributed by atoms with van der Waals surface area (Å²) >= 11 is 13.3. The Bertz CT molecular complexity index is 818. The van der Waals surface area contributed by atoms with Crippen molar-refractivity contribution in [2.75, 3.05) is 11.1 Å². The molecule has 0 atom stereocenters. The molecule has 118 valence electrons. The highest BCUT2D eigenvalue weighted by atomic mass is 35.5. The van der Waals surface area contributed by atoms with E-state index < -0.39 is 0 Å². The van der Waals surface area contributed by atoms with Gasteiger partial charge in [-0.1, -0.05) is 53.2 Å². The molecular weight excluding hydrogens is 355 g/mol. The second kappa shape index (κ2) is 7.25. The Hall–Kier alpha value is -1.69. The first kappa shape index (κ1) is 16.2. The minimum Gasteiger partial charge on any atom is -0.431 e. The van der Waals surface area contributed by atoms with Crippen LogP contribution in [0.15, 0.2) is 52.1 Å². The second-order valence-corrected chi connectivity index (χ2v) is 6.53. The van der Waals surface area contributed by atoms with Gasteiger partial charge in [0.1, 0.15) is 5.52 Å². The van der Waals surface area contributed by atoms with E-state index in [9.17, 15) is 4.79 Å². The highest BCUT2D eigenvalue weighted by Crippen LogP contribution is 2.30. The molecule has 0 radical (unpaired) electrons. The van der Waals surface area contributed by atoms with Crippen LogP contribution in [0.2, 0.25) is 10.0 Å². The van der Waals surface area contributed by atoms with Gasteiger partial charge in [-0.25, -0.2) is 4.98 Å².